The molecule has 0 amide bonds. The molecule has 0 aromatic heterocycles. The molecular formula is C26H35F3O4. The summed E-state index contributed by atoms with van der Waals surface area (Å²) in [5.41, 5.74) is -0.973. The molecule has 0 radical (unpaired) electrons. The molecule has 0 saturated heterocycles. The Morgan fingerprint density at radius 3 is 1.73 bits per heavy atom. The highest BCUT2D eigenvalue weighted by Crippen LogP contribution is 2.63. The minimum absolute atomic E-state index is 0.00898. The molecule has 0 aromatic rings. The molecule has 8 aliphatic carbocycles. The maximum Gasteiger partial charge on any atom is 0.394 e. The Hall–Kier alpha value is -1.27. The van der Waals surface area contributed by atoms with Crippen molar-refractivity contribution in [1.82, 2.24) is 0 Å². The third kappa shape index (κ3) is 3.62. The summed E-state index contributed by atoms with van der Waals surface area (Å²) in [6, 6.07) is 0. The number of halogens is 3. The Kier molecular flexibility index (Phi) is 4.96. The molecule has 8 saturated carbocycles. The van der Waals surface area contributed by atoms with Crippen LogP contribution in [0.1, 0.15) is 77.6 Å². The summed E-state index contributed by atoms with van der Waals surface area (Å²) in [7, 11) is 0. The zero-order valence-corrected chi connectivity index (χ0v) is 19.4. The highest BCUT2D eigenvalue weighted by molar-refractivity contribution is 5.79. The standard InChI is InChI=1S/C26H35F3O4/c1-14(26(27,28)29)13-32-22(30)25-10-18-5-19(11-25)21(20(6-18)12-25)33-23(31)24-7-15-2-16(8-24)4-17(3-15)9-24/h14-21H,2-13H2,1H3. The van der Waals surface area contributed by atoms with Gasteiger partial charge in [-0.1, -0.05) is 6.92 Å². The van der Waals surface area contributed by atoms with E-state index in [-0.39, 0.29) is 29.3 Å². The summed E-state index contributed by atoms with van der Waals surface area (Å²) < 4.78 is 50.2. The summed E-state index contributed by atoms with van der Waals surface area (Å²) in [6.45, 7) is 0.432. The third-order valence-electron chi connectivity index (χ3n) is 10.4. The average molecular weight is 469 g/mol. The maximum atomic E-state index is 13.6. The van der Waals surface area contributed by atoms with Crippen LogP contribution < -0.4 is 0 Å². The Balaban J connectivity index is 1.13. The number of hydrogen-bond donors (Lipinski definition) is 0. The average Bonchev–Trinajstić information content (AvgIpc) is 2.72. The molecular weight excluding hydrogens is 433 g/mol. The van der Waals surface area contributed by atoms with E-state index in [1.807, 2.05) is 0 Å². The normalized spacial score (nSPS) is 48.1. The van der Waals surface area contributed by atoms with Crippen molar-refractivity contribution < 1.29 is 32.2 Å². The number of carbonyl (C=O) groups excluding carboxylic acids is 2. The molecule has 0 spiro atoms. The first-order valence-corrected chi connectivity index (χ1v) is 13.0. The van der Waals surface area contributed by atoms with Crippen molar-refractivity contribution in [3.05, 3.63) is 0 Å². The quantitative estimate of drug-likeness (QED) is 0.487. The molecule has 0 aliphatic heterocycles. The minimum atomic E-state index is -4.36. The molecule has 0 heterocycles. The minimum Gasteiger partial charge on any atom is -0.465 e. The number of ether oxygens (including phenoxy) is 2. The predicted octanol–water partition coefficient (Wildman–Crippen LogP) is 5.68. The lowest BCUT2D eigenvalue weighted by Gasteiger charge is -2.59. The van der Waals surface area contributed by atoms with Gasteiger partial charge in [-0.05, 0) is 106 Å². The lowest BCUT2D eigenvalue weighted by Crippen LogP contribution is -2.59. The Morgan fingerprint density at radius 2 is 1.24 bits per heavy atom. The van der Waals surface area contributed by atoms with Gasteiger partial charge in [0.1, 0.15) is 12.7 Å². The molecule has 0 N–H and O–H groups in total. The van der Waals surface area contributed by atoms with Crippen LogP contribution in [0.4, 0.5) is 13.2 Å². The second-order valence-corrected chi connectivity index (χ2v) is 12.9. The molecule has 33 heavy (non-hydrogen) atoms. The van der Waals surface area contributed by atoms with Gasteiger partial charge in [-0.3, -0.25) is 9.59 Å². The Bertz CT molecular complexity index is 785. The lowest BCUT2D eigenvalue weighted by molar-refractivity contribution is -0.212. The van der Waals surface area contributed by atoms with E-state index in [1.165, 1.54) is 19.3 Å². The second kappa shape index (κ2) is 7.36. The van der Waals surface area contributed by atoms with Gasteiger partial charge in [0.15, 0.2) is 0 Å². The smallest absolute Gasteiger partial charge is 0.394 e. The van der Waals surface area contributed by atoms with Crippen LogP contribution >= 0.6 is 0 Å². The number of rotatable bonds is 5. The first-order valence-electron chi connectivity index (χ1n) is 13.0. The summed E-state index contributed by atoms with van der Waals surface area (Å²) in [6.07, 6.45) is 6.04. The van der Waals surface area contributed by atoms with Crippen molar-refractivity contribution in [3.8, 4) is 0 Å². The van der Waals surface area contributed by atoms with E-state index in [0.29, 0.717) is 42.9 Å². The molecule has 3 unspecified atom stereocenters. The van der Waals surface area contributed by atoms with E-state index in [0.717, 1.165) is 39.0 Å². The fourth-order valence-electron chi connectivity index (χ4n) is 9.48. The fraction of sp³-hybridized carbons (Fsp3) is 0.923. The molecule has 3 atom stereocenters. The van der Waals surface area contributed by atoms with E-state index >= 15 is 0 Å². The molecule has 8 bridgehead atoms. The van der Waals surface area contributed by atoms with Crippen LogP contribution in [0.2, 0.25) is 0 Å². The van der Waals surface area contributed by atoms with Gasteiger partial charge in [0, 0.05) is 0 Å². The van der Waals surface area contributed by atoms with Gasteiger partial charge in [-0.2, -0.15) is 13.2 Å². The van der Waals surface area contributed by atoms with Crippen molar-refractivity contribution >= 4 is 11.9 Å². The van der Waals surface area contributed by atoms with Crippen LogP contribution in [-0.2, 0) is 19.1 Å². The van der Waals surface area contributed by atoms with Crippen LogP contribution in [0.5, 0.6) is 0 Å². The van der Waals surface area contributed by atoms with Crippen LogP contribution in [0.25, 0.3) is 0 Å². The zero-order chi connectivity index (χ0) is 23.2. The van der Waals surface area contributed by atoms with Gasteiger partial charge in [0.2, 0.25) is 0 Å². The largest absolute Gasteiger partial charge is 0.465 e. The third-order valence-corrected chi connectivity index (χ3v) is 10.4. The van der Waals surface area contributed by atoms with E-state index in [1.54, 1.807) is 0 Å². The van der Waals surface area contributed by atoms with Crippen molar-refractivity contribution in [1.29, 1.82) is 0 Å². The van der Waals surface area contributed by atoms with Crippen LogP contribution in [0.15, 0.2) is 0 Å². The zero-order valence-electron chi connectivity index (χ0n) is 19.4. The monoisotopic (exact) mass is 468 g/mol. The highest BCUT2D eigenvalue weighted by Gasteiger charge is 2.62. The van der Waals surface area contributed by atoms with Crippen LogP contribution in [0, 0.1) is 52.3 Å². The van der Waals surface area contributed by atoms with Crippen molar-refractivity contribution in [2.75, 3.05) is 6.61 Å². The van der Waals surface area contributed by atoms with Gasteiger partial charge < -0.3 is 9.47 Å². The van der Waals surface area contributed by atoms with Crippen molar-refractivity contribution in [2.45, 2.75) is 89.8 Å². The summed E-state index contributed by atoms with van der Waals surface area (Å²) >= 11 is 0. The number of esters is 2. The first-order chi connectivity index (χ1) is 15.6. The first kappa shape index (κ1) is 22.2. The van der Waals surface area contributed by atoms with E-state index in [9.17, 15) is 22.8 Å². The topological polar surface area (TPSA) is 52.6 Å². The lowest BCUT2D eigenvalue weighted by atomic mass is 9.48. The molecule has 8 rings (SSSR count). The Morgan fingerprint density at radius 1 is 0.788 bits per heavy atom. The molecule has 0 aromatic carbocycles. The predicted molar refractivity (Wildman–Crippen MR) is 113 cm³/mol. The summed E-state index contributed by atoms with van der Waals surface area (Å²) in [5, 5.41) is 0. The fourth-order valence-corrected chi connectivity index (χ4v) is 9.48. The summed E-state index contributed by atoms with van der Waals surface area (Å²) in [5.74, 6) is 0.550. The molecule has 7 heteroatoms. The molecule has 4 nitrogen and oxygen atoms in total. The van der Waals surface area contributed by atoms with Crippen molar-refractivity contribution in [3.63, 3.8) is 0 Å². The second-order valence-electron chi connectivity index (χ2n) is 12.9. The van der Waals surface area contributed by atoms with Crippen LogP contribution in [0.3, 0.4) is 0 Å². The van der Waals surface area contributed by atoms with E-state index < -0.39 is 30.1 Å². The van der Waals surface area contributed by atoms with Gasteiger partial charge >= 0.3 is 18.1 Å². The number of alkyl halides is 3. The van der Waals surface area contributed by atoms with Gasteiger partial charge in [0.05, 0.1) is 16.7 Å². The molecule has 8 aliphatic rings. The van der Waals surface area contributed by atoms with E-state index in [2.05, 4.69) is 0 Å². The highest BCUT2D eigenvalue weighted by atomic mass is 19.4. The van der Waals surface area contributed by atoms with Crippen LogP contribution in [-0.4, -0.2) is 30.8 Å². The maximum absolute atomic E-state index is 13.6. The van der Waals surface area contributed by atoms with E-state index in [4.69, 9.17) is 9.47 Å². The van der Waals surface area contributed by atoms with Gasteiger partial charge in [-0.15, -0.1) is 0 Å². The van der Waals surface area contributed by atoms with Gasteiger partial charge in [0.25, 0.3) is 0 Å². The number of hydrogen-bond acceptors (Lipinski definition) is 4. The molecule has 184 valence electrons. The number of carbonyl (C=O) groups is 2. The van der Waals surface area contributed by atoms with Gasteiger partial charge in [-0.25, -0.2) is 0 Å². The SMILES string of the molecule is CC(COC(=O)C12CC3CC(C1)C(OC(=O)C14CC5CC(CC(C5)C1)C4)C(C3)C2)C(F)(F)F. The molecule has 8 fully saturated rings. The Labute approximate surface area is 193 Å². The van der Waals surface area contributed by atoms with Crippen molar-refractivity contribution in [2.24, 2.45) is 52.3 Å². The summed E-state index contributed by atoms with van der Waals surface area (Å²) in [4.78, 5) is 26.5.